The largest absolute Gasteiger partial charge is 0.488 e. The minimum absolute atomic E-state index is 0.164. The second-order valence-corrected chi connectivity index (χ2v) is 6.76. The van der Waals surface area contributed by atoms with Crippen LogP contribution in [0.15, 0.2) is 84.9 Å². The highest BCUT2D eigenvalue weighted by Gasteiger charge is 2.14. The number of aryl methyl sites for hydroxylation is 1. The summed E-state index contributed by atoms with van der Waals surface area (Å²) in [5.41, 5.74) is 4.32. The number of carboxylic acid groups (broad SMARTS) is 1. The average molecular weight is 368 g/mol. The molecule has 0 unspecified atom stereocenters. The minimum atomic E-state index is -0.996. The van der Waals surface area contributed by atoms with Gasteiger partial charge in [-0.15, -0.1) is 0 Å². The van der Waals surface area contributed by atoms with Crippen LogP contribution in [0.25, 0.3) is 21.9 Å². The molecule has 4 aromatic carbocycles. The van der Waals surface area contributed by atoms with Crippen molar-refractivity contribution in [3.63, 3.8) is 0 Å². The first-order valence-corrected chi connectivity index (χ1v) is 9.16. The number of aromatic carboxylic acids is 1. The van der Waals surface area contributed by atoms with E-state index in [1.807, 2.05) is 67.6 Å². The molecule has 0 aliphatic carbocycles. The van der Waals surface area contributed by atoms with Crippen LogP contribution in [-0.2, 0) is 6.61 Å². The van der Waals surface area contributed by atoms with Crippen LogP contribution in [-0.4, -0.2) is 11.1 Å². The molecule has 28 heavy (non-hydrogen) atoms. The molecular weight excluding hydrogens is 348 g/mol. The fourth-order valence-electron chi connectivity index (χ4n) is 3.46. The molecule has 4 rings (SSSR count). The third kappa shape index (κ3) is 3.47. The molecule has 3 heteroatoms. The maximum absolute atomic E-state index is 11.7. The molecule has 0 spiro atoms. The maximum atomic E-state index is 11.7. The zero-order valence-corrected chi connectivity index (χ0v) is 15.6. The summed E-state index contributed by atoms with van der Waals surface area (Å²) < 4.78 is 6.01. The number of hydrogen-bond donors (Lipinski definition) is 1. The Balaban J connectivity index is 1.70. The van der Waals surface area contributed by atoms with Gasteiger partial charge in [0, 0.05) is 0 Å². The molecule has 0 saturated heterocycles. The van der Waals surface area contributed by atoms with E-state index in [4.69, 9.17) is 4.74 Å². The Morgan fingerprint density at radius 1 is 0.893 bits per heavy atom. The van der Waals surface area contributed by atoms with Gasteiger partial charge < -0.3 is 9.84 Å². The smallest absolute Gasteiger partial charge is 0.339 e. The molecule has 138 valence electrons. The first-order valence-electron chi connectivity index (χ1n) is 9.16. The standard InChI is InChI=1S/C25H20O3/c1-17-7-2-4-11-21(17)19-13-14-23(25(26)27)24(15-19)28-16-20-10-6-9-18-8-3-5-12-22(18)20/h2-15H,16H2,1H3,(H,26,27). The fraction of sp³-hybridized carbons (Fsp3) is 0.0800. The summed E-state index contributed by atoms with van der Waals surface area (Å²) in [5.74, 6) is -0.620. The molecule has 0 atom stereocenters. The van der Waals surface area contributed by atoms with Gasteiger partial charge in [0.05, 0.1) is 0 Å². The van der Waals surface area contributed by atoms with Crippen LogP contribution in [0.1, 0.15) is 21.5 Å². The third-order valence-electron chi connectivity index (χ3n) is 4.93. The molecule has 3 nitrogen and oxygen atoms in total. The Morgan fingerprint density at radius 3 is 2.46 bits per heavy atom. The van der Waals surface area contributed by atoms with Gasteiger partial charge in [0.1, 0.15) is 17.9 Å². The van der Waals surface area contributed by atoms with Crippen LogP contribution in [0.5, 0.6) is 5.75 Å². The van der Waals surface area contributed by atoms with Crippen LogP contribution in [0, 0.1) is 6.92 Å². The topological polar surface area (TPSA) is 46.5 Å². The zero-order valence-electron chi connectivity index (χ0n) is 15.6. The predicted octanol–water partition coefficient (Wildman–Crippen LogP) is 6.09. The summed E-state index contributed by atoms with van der Waals surface area (Å²) in [6.07, 6.45) is 0. The van der Waals surface area contributed by atoms with E-state index in [-0.39, 0.29) is 5.56 Å². The van der Waals surface area contributed by atoms with E-state index in [9.17, 15) is 9.90 Å². The van der Waals surface area contributed by atoms with Crippen molar-refractivity contribution in [2.24, 2.45) is 0 Å². The van der Waals surface area contributed by atoms with Crippen LogP contribution >= 0.6 is 0 Å². The van der Waals surface area contributed by atoms with Gasteiger partial charge in [0.2, 0.25) is 0 Å². The lowest BCUT2D eigenvalue weighted by molar-refractivity contribution is 0.0692. The molecule has 0 bridgehead atoms. The van der Waals surface area contributed by atoms with Gasteiger partial charge in [-0.25, -0.2) is 4.79 Å². The van der Waals surface area contributed by atoms with Crippen molar-refractivity contribution in [2.45, 2.75) is 13.5 Å². The number of carbonyl (C=O) groups is 1. The van der Waals surface area contributed by atoms with E-state index in [1.165, 1.54) is 0 Å². The summed E-state index contributed by atoms with van der Waals surface area (Å²) in [6.45, 7) is 2.34. The molecule has 0 fully saturated rings. The minimum Gasteiger partial charge on any atom is -0.488 e. The van der Waals surface area contributed by atoms with E-state index in [2.05, 4.69) is 18.2 Å². The van der Waals surface area contributed by atoms with Crippen LogP contribution in [0.2, 0.25) is 0 Å². The van der Waals surface area contributed by atoms with Gasteiger partial charge in [0.25, 0.3) is 0 Å². The molecule has 0 saturated carbocycles. The molecule has 0 aliphatic rings. The Labute approximate surface area is 163 Å². The molecule has 4 aromatic rings. The van der Waals surface area contributed by atoms with Gasteiger partial charge in [-0.05, 0) is 52.1 Å². The van der Waals surface area contributed by atoms with E-state index < -0.39 is 5.97 Å². The highest BCUT2D eigenvalue weighted by molar-refractivity contribution is 5.92. The molecule has 0 amide bonds. The van der Waals surface area contributed by atoms with Crippen molar-refractivity contribution in [1.82, 2.24) is 0 Å². The van der Waals surface area contributed by atoms with Gasteiger partial charge in [-0.2, -0.15) is 0 Å². The Kier molecular flexibility index (Phi) is 4.81. The highest BCUT2D eigenvalue weighted by atomic mass is 16.5. The van der Waals surface area contributed by atoms with Crippen LogP contribution in [0.3, 0.4) is 0 Å². The van der Waals surface area contributed by atoms with E-state index in [0.29, 0.717) is 12.4 Å². The third-order valence-corrected chi connectivity index (χ3v) is 4.93. The number of carboxylic acids is 1. The van der Waals surface area contributed by atoms with Crippen molar-refractivity contribution >= 4 is 16.7 Å². The van der Waals surface area contributed by atoms with Crippen molar-refractivity contribution in [1.29, 1.82) is 0 Å². The first kappa shape index (κ1) is 17.8. The summed E-state index contributed by atoms with van der Waals surface area (Å²) in [6, 6.07) is 27.4. The number of hydrogen-bond acceptors (Lipinski definition) is 2. The summed E-state index contributed by atoms with van der Waals surface area (Å²) in [4.78, 5) is 11.7. The van der Waals surface area contributed by atoms with Crippen molar-refractivity contribution in [2.75, 3.05) is 0 Å². The van der Waals surface area contributed by atoms with Crippen LogP contribution in [0.4, 0.5) is 0 Å². The molecular formula is C25H20O3. The van der Waals surface area contributed by atoms with Gasteiger partial charge in [-0.3, -0.25) is 0 Å². The normalized spacial score (nSPS) is 10.8. The van der Waals surface area contributed by atoms with Crippen LogP contribution < -0.4 is 4.74 Å². The monoisotopic (exact) mass is 368 g/mol. The second kappa shape index (κ2) is 7.57. The number of fused-ring (bicyclic) bond motifs is 1. The number of rotatable bonds is 5. The molecule has 0 radical (unpaired) electrons. The molecule has 1 N–H and O–H groups in total. The van der Waals surface area contributed by atoms with E-state index >= 15 is 0 Å². The Morgan fingerprint density at radius 2 is 1.64 bits per heavy atom. The number of benzene rings is 4. The Bertz CT molecular complexity index is 1160. The SMILES string of the molecule is Cc1ccccc1-c1ccc(C(=O)O)c(OCc2cccc3ccccc23)c1. The first-order chi connectivity index (χ1) is 13.6. The lowest BCUT2D eigenvalue weighted by Gasteiger charge is -2.14. The van der Waals surface area contributed by atoms with Gasteiger partial charge in [-0.1, -0.05) is 72.8 Å². The quantitative estimate of drug-likeness (QED) is 0.463. The van der Waals surface area contributed by atoms with Gasteiger partial charge in [0.15, 0.2) is 0 Å². The maximum Gasteiger partial charge on any atom is 0.339 e. The fourth-order valence-corrected chi connectivity index (χ4v) is 3.46. The molecule has 0 heterocycles. The van der Waals surface area contributed by atoms with E-state index in [1.54, 1.807) is 6.07 Å². The van der Waals surface area contributed by atoms with Crippen molar-refractivity contribution in [3.05, 3.63) is 102 Å². The Hall–Kier alpha value is -3.59. The van der Waals surface area contributed by atoms with E-state index in [0.717, 1.165) is 33.0 Å². The number of ether oxygens (including phenoxy) is 1. The predicted molar refractivity (Wildman–Crippen MR) is 112 cm³/mol. The lowest BCUT2D eigenvalue weighted by Crippen LogP contribution is -2.04. The van der Waals surface area contributed by atoms with Gasteiger partial charge >= 0.3 is 5.97 Å². The summed E-state index contributed by atoms with van der Waals surface area (Å²) in [5, 5.41) is 11.8. The van der Waals surface area contributed by atoms with Crippen molar-refractivity contribution in [3.8, 4) is 16.9 Å². The summed E-state index contributed by atoms with van der Waals surface area (Å²) >= 11 is 0. The second-order valence-electron chi connectivity index (χ2n) is 6.76. The summed E-state index contributed by atoms with van der Waals surface area (Å²) in [7, 11) is 0. The zero-order chi connectivity index (χ0) is 19.5. The van der Waals surface area contributed by atoms with Crippen molar-refractivity contribution < 1.29 is 14.6 Å². The lowest BCUT2D eigenvalue weighted by atomic mass is 9.99. The highest BCUT2D eigenvalue weighted by Crippen LogP contribution is 2.30. The molecule has 0 aliphatic heterocycles. The average Bonchev–Trinajstić information content (AvgIpc) is 2.72. The molecule has 0 aromatic heterocycles.